The molecule has 250 valence electrons. The fraction of sp³-hybridized carbons (Fsp3) is 0. The molecule has 0 fully saturated rings. The van der Waals surface area contributed by atoms with E-state index in [0.717, 1.165) is 22.6 Å². The lowest BCUT2D eigenvalue weighted by atomic mass is 9.87. The number of hydrogen-bond donors (Lipinski definition) is 0. The van der Waals surface area contributed by atoms with Crippen molar-refractivity contribution in [3.8, 4) is 55.6 Å². The van der Waals surface area contributed by atoms with Gasteiger partial charge in [0.2, 0.25) is 0 Å². The van der Waals surface area contributed by atoms with Crippen LogP contribution in [0.2, 0.25) is 0 Å². The molecule has 0 N–H and O–H groups in total. The average molecular weight is 676 g/mol. The Bertz CT molecular complexity index is 2640. The SMILES string of the molecule is c1ccc(-c2ccc(-c3ccccc3)c(-c3ccccc3-c3ccccc3N(c3ccccc3)c3ccc(-c4ccc5ccccc5c4)cc3)c2)cc1. The Morgan fingerprint density at radius 1 is 0.226 bits per heavy atom. The first-order chi connectivity index (χ1) is 26.3. The molecule has 0 aromatic heterocycles. The number of hydrogen-bond acceptors (Lipinski definition) is 1. The zero-order valence-electron chi connectivity index (χ0n) is 29.3. The van der Waals surface area contributed by atoms with Gasteiger partial charge in [-0.15, -0.1) is 0 Å². The summed E-state index contributed by atoms with van der Waals surface area (Å²) in [5, 5.41) is 2.50. The molecule has 0 amide bonds. The number of nitrogens with zero attached hydrogens (tertiary/aromatic N) is 1. The molecule has 0 aliphatic rings. The van der Waals surface area contributed by atoms with E-state index in [-0.39, 0.29) is 0 Å². The number of anilines is 3. The Kier molecular flexibility index (Phi) is 8.66. The summed E-state index contributed by atoms with van der Waals surface area (Å²) in [5.41, 5.74) is 15.3. The second kappa shape index (κ2) is 14.3. The Balaban J connectivity index is 1.19. The molecule has 9 aromatic carbocycles. The summed E-state index contributed by atoms with van der Waals surface area (Å²) in [6.07, 6.45) is 0. The Morgan fingerprint density at radius 3 is 1.42 bits per heavy atom. The summed E-state index contributed by atoms with van der Waals surface area (Å²) in [5.74, 6) is 0. The van der Waals surface area contributed by atoms with Gasteiger partial charge < -0.3 is 4.90 Å². The van der Waals surface area contributed by atoms with Crippen molar-refractivity contribution in [2.24, 2.45) is 0 Å². The summed E-state index contributed by atoms with van der Waals surface area (Å²) >= 11 is 0. The molecule has 0 saturated heterocycles. The van der Waals surface area contributed by atoms with E-state index >= 15 is 0 Å². The van der Waals surface area contributed by atoms with Crippen LogP contribution < -0.4 is 4.90 Å². The van der Waals surface area contributed by atoms with Gasteiger partial charge in [-0.05, 0) is 103 Å². The summed E-state index contributed by atoms with van der Waals surface area (Å²) in [6.45, 7) is 0. The van der Waals surface area contributed by atoms with Crippen molar-refractivity contribution >= 4 is 27.8 Å². The second-order valence-corrected chi connectivity index (χ2v) is 13.3. The lowest BCUT2D eigenvalue weighted by Crippen LogP contribution is -2.11. The summed E-state index contributed by atoms with van der Waals surface area (Å²) < 4.78 is 0. The van der Waals surface area contributed by atoms with Gasteiger partial charge >= 0.3 is 0 Å². The first kappa shape index (κ1) is 32.0. The highest BCUT2D eigenvalue weighted by atomic mass is 15.1. The second-order valence-electron chi connectivity index (χ2n) is 13.3. The average Bonchev–Trinajstić information content (AvgIpc) is 3.25. The van der Waals surface area contributed by atoms with Crippen LogP contribution in [-0.4, -0.2) is 0 Å². The molecule has 9 aromatic rings. The molecule has 1 nitrogen and oxygen atoms in total. The first-order valence-electron chi connectivity index (χ1n) is 18.2. The van der Waals surface area contributed by atoms with Gasteiger partial charge in [-0.2, -0.15) is 0 Å². The maximum Gasteiger partial charge on any atom is 0.0540 e. The van der Waals surface area contributed by atoms with Crippen molar-refractivity contribution in [1.82, 2.24) is 0 Å². The molecule has 0 heterocycles. The summed E-state index contributed by atoms with van der Waals surface area (Å²) in [4.78, 5) is 2.38. The van der Waals surface area contributed by atoms with Gasteiger partial charge in [0.1, 0.15) is 0 Å². The number of fused-ring (bicyclic) bond motifs is 1. The third kappa shape index (κ3) is 6.42. The molecular weight excluding hydrogens is 639 g/mol. The maximum absolute atomic E-state index is 2.38. The molecule has 9 rings (SSSR count). The van der Waals surface area contributed by atoms with Gasteiger partial charge in [-0.3, -0.25) is 0 Å². The molecule has 0 aliphatic carbocycles. The van der Waals surface area contributed by atoms with Gasteiger partial charge in [-0.25, -0.2) is 0 Å². The first-order valence-corrected chi connectivity index (χ1v) is 18.2. The smallest absolute Gasteiger partial charge is 0.0540 e. The van der Waals surface area contributed by atoms with Gasteiger partial charge in [0.05, 0.1) is 5.69 Å². The van der Waals surface area contributed by atoms with E-state index in [0.29, 0.717) is 0 Å². The van der Waals surface area contributed by atoms with Crippen LogP contribution >= 0.6 is 0 Å². The summed E-state index contributed by atoms with van der Waals surface area (Å²) in [7, 11) is 0. The fourth-order valence-corrected chi connectivity index (χ4v) is 7.47. The van der Waals surface area contributed by atoms with E-state index in [9.17, 15) is 0 Å². The molecule has 0 spiro atoms. The van der Waals surface area contributed by atoms with Crippen LogP contribution in [0.25, 0.3) is 66.4 Å². The standard InChI is InChI=1S/C52H37N/c1-4-16-38(17-5-1)44-32-35-47(41-19-6-2-7-20-41)51(37-44)49-25-13-12-24-48(49)50-26-14-15-27-52(50)53(45-22-8-3-9-23-45)46-33-30-40(31-34-46)43-29-28-39-18-10-11-21-42(39)36-43/h1-37H. The van der Waals surface area contributed by atoms with Crippen molar-refractivity contribution in [2.45, 2.75) is 0 Å². The highest BCUT2D eigenvalue weighted by molar-refractivity contribution is 5.98. The lowest BCUT2D eigenvalue weighted by molar-refractivity contribution is 1.28. The zero-order chi connectivity index (χ0) is 35.4. The molecule has 1 heteroatoms. The van der Waals surface area contributed by atoms with Crippen molar-refractivity contribution in [1.29, 1.82) is 0 Å². The lowest BCUT2D eigenvalue weighted by Gasteiger charge is -2.28. The van der Waals surface area contributed by atoms with Crippen LogP contribution in [0.1, 0.15) is 0 Å². The number of rotatable bonds is 8. The van der Waals surface area contributed by atoms with Gasteiger partial charge in [0.15, 0.2) is 0 Å². The Hall–Kier alpha value is -6.96. The number of para-hydroxylation sites is 2. The highest BCUT2D eigenvalue weighted by Gasteiger charge is 2.20. The fourth-order valence-electron chi connectivity index (χ4n) is 7.47. The predicted molar refractivity (Wildman–Crippen MR) is 226 cm³/mol. The van der Waals surface area contributed by atoms with Crippen LogP contribution in [0.5, 0.6) is 0 Å². The third-order valence-corrected chi connectivity index (χ3v) is 10.1. The predicted octanol–water partition coefficient (Wildman–Crippen LogP) is 14.6. The topological polar surface area (TPSA) is 3.24 Å². The molecule has 0 unspecified atom stereocenters. The minimum Gasteiger partial charge on any atom is -0.310 e. The van der Waals surface area contributed by atoms with Crippen molar-refractivity contribution in [3.05, 3.63) is 224 Å². The van der Waals surface area contributed by atoms with Crippen LogP contribution in [0.4, 0.5) is 17.1 Å². The molecule has 0 aliphatic heterocycles. The normalized spacial score (nSPS) is 11.0. The molecule has 0 radical (unpaired) electrons. The quantitative estimate of drug-likeness (QED) is 0.155. The van der Waals surface area contributed by atoms with Gasteiger partial charge in [0, 0.05) is 16.9 Å². The van der Waals surface area contributed by atoms with Crippen molar-refractivity contribution in [3.63, 3.8) is 0 Å². The van der Waals surface area contributed by atoms with E-state index in [4.69, 9.17) is 0 Å². The van der Waals surface area contributed by atoms with E-state index < -0.39 is 0 Å². The van der Waals surface area contributed by atoms with Crippen LogP contribution in [0.15, 0.2) is 224 Å². The Morgan fingerprint density at radius 2 is 0.698 bits per heavy atom. The molecular formula is C52H37N. The van der Waals surface area contributed by atoms with E-state index in [1.807, 2.05) is 0 Å². The van der Waals surface area contributed by atoms with Crippen LogP contribution in [-0.2, 0) is 0 Å². The van der Waals surface area contributed by atoms with Crippen LogP contribution in [0, 0.1) is 0 Å². The van der Waals surface area contributed by atoms with E-state index in [1.54, 1.807) is 0 Å². The van der Waals surface area contributed by atoms with Gasteiger partial charge in [0.25, 0.3) is 0 Å². The minimum atomic E-state index is 1.10. The number of benzene rings is 9. The minimum absolute atomic E-state index is 1.10. The maximum atomic E-state index is 2.38. The monoisotopic (exact) mass is 675 g/mol. The molecule has 0 saturated carbocycles. The van der Waals surface area contributed by atoms with Gasteiger partial charge in [-0.1, -0.05) is 182 Å². The zero-order valence-corrected chi connectivity index (χ0v) is 29.3. The largest absolute Gasteiger partial charge is 0.310 e. The Labute approximate surface area is 311 Å². The highest BCUT2D eigenvalue weighted by Crippen LogP contribution is 2.46. The van der Waals surface area contributed by atoms with Crippen molar-refractivity contribution < 1.29 is 0 Å². The van der Waals surface area contributed by atoms with Crippen molar-refractivity contribution in [2.75, 3.05) is 4.90 Å². The van der Waals surface area contributed by atoms with Crippen LogP contribution in [0.3, 0.4) is 0 Å². The molecule has 0 atom stereocenters. The molecule has 53 heavy (non-hydrogen) atoms. The van der Waals surface area contributed by atoms with E-state index in [2.05, 4.69) is 229 Å². The van der Waals surface area contributed by atoms with E-state index in [1.165, 1.54) is 60.8 Å². The molecule has 0 bridgehead atoms. The summed E-state index contributed by atoms with van der Waals surface area (Å²) in [6, 6.07) is 80.9. The third-order valence-electron chi connectivity index (χ3n) is 10.1.